The molecule has 0 aliphatic heterocycles. The van der Waals surface area contributed by atoms with E-state index in [0.717, 1.165) is 11.1 Å². The number of hydrogen-bond acceptors (Lipinski definition) is 4. The van der Waals surface area contributed by atoms with E-state index in [9.17, 15) is 4.79 Å². The number of carbonyl (C=O) groups is 1. The number of aliphatic hydroxyl groups is 2. The van der Waals surface area contributed by atoms with E-state index >= 15 is 0 Å². The van der Waals surface area contributed by atoms with Gasteiger partial charge in [-0.25, -0.2) is 0 Å². The monoisotopic (exact) mass is 252 g/mol. The third-order valence-corrected chi connectivity index (χ3v) is 2.85. The number of aryl methyl sites for hydroxylation is 1. The molecule has 0 heterocycles. The lowest BCUT2D eigenvalue weighted by Gasteiger charge is -2.21. The first-order valence-electron chi connectivity index (χ1n) is 5.92. The van der Waals surface area contributed by atoms with Crippen LogP contribution in [0.5, 0.6) is 0 Å². The minimum Gasteiger partial charge on any atom is -0.395 e. The number of nitrogens with zero attached hydrogens (tertiary/aromatic N) is 1. The molecular weight excluding hydrogens is 232 g/mol. The van der Waals surface area contributed by atoms with Crippen LogP contribution in [0.2, 0.25) is 0 Å². The van der Waals surface area contributed by atoms with Crippen LogP contribution in [0.25, 0.3) is 0 Å². The summed E-state index contributed by atoms with van der Waals surface area (Å²) in [4.78, 5) is 13.0. The molecule has 0 spiro atoms. The van der Waals surface area contributed by atoms with Gasteiger partial charge < -0.3 is 15.9 Å². The number of carbonyl (C=O) groups excluding carboxylic acids is 1. The molecule has 1 rings (SSSR count). The van der Waals surface area contributed by atoms with Crippen molar-refractivity contribution in [2.45, 2.75) is 13.5 Å². The normalized spacial score (nSPS) is 10.9. The number of amides is 1. The van der Waals surface area contributed by atoms with Gasteiger partial charge in [-0.3, -0.25) is 9.69 Å². The third kappa shape index (κ3) is 4.10. The average molecular weight is 252 g/mol. The summed E-state index contributed by atoms with van der Waals surface area (Å²) in [5, 5.41) is 17.9. The Balaban J connectivity index is 2.79. The second-order valence-corrected chi connectivity index (χ2v) is 4.23. The van der Waals surface area contributed by atoms with Crippen molar-refractivity contribution in [3.63, 3.8) is 0 Å². The Morgan fingerprint density at radius 1 is 1.28 bits per heavy atom. The molecule has 5 nitrogen and oxygen atoms in total. The van der Waals surface area contributed by atoms with Gasteiger partial charge in [0.15, 0.2) is 0 Å². The van der Waals surface area contributed by atoms with Crippen LogP contribution in [0, 0.1) is 6.92 Å². The fourth-order valence-corrected chi connectivity index (χ4v) is 1.82. The zero-order valence-corrected chi connectivity index (χ0v) is 10.6. The summed E-state index contributed by atoms with van der Waals surface area (Å²) in [6, 6.07) is 5.31. The molecule has 5 heteroatoms. The Morgan fingerprint density at radius 2 is 1.89 bits per heavy atom. The molecule has 0 unspecified atom stereocenters. The van der Waals surface area contributed by atoms with E-state index in [0.29, 0.717) is 25.2 Å². The molecule has 0 fully saturated rings. The highest BCUT2D eigenvalue weighted by Crippen LogP contribution is 2.13. The largest absolute Gasteiger partial charge is 0.395 e. The maximum Gasteiger partial charge on any atom is 0.248 e. The van der Waals surface area contributed by atoms with Gasteiger partial charge in [0.05, 0.1) is 13.2 Å². The van der Waals surface area contributed by atoms with Crippen LogP contribution >= 0.6 is 0 Å². The van der Waals surface area contributed by atoms with Crippen molar-refractivity contribution < 1.29 is 15.0 Å². The van der Waals surface area contributed by atoms with Gasteiger partial charge in [0, 0.05) is 25.2 Å². The lowest BCUT2D eigenvalue weighted by atomic mass is 10.0. The van der Waals surface area contributed by atoms with Crippen molar-refractivity contribution >= 4 is 5.91 Å². The highest BCUT2D eigenvalue weighted by atomic mass is 16.3. The molecule has 1 amide bonds. The third-order valence-electron chi connectivity index (χ3n) is 2.85. The summed E-state index contributed by atoms with van der Waals surface area (Å²) < 4.78 is 0. The van der Waals surface area contributed by atoms with E-state index in [1.54, 1.807) is 12.1 Å². The Hall–Kier alpha value is -1.43. The molecule has 0 saturated carbocycles. The van der Waals surface area contributed by atoms with Crippen molar-refractivity contribution in [1.82, 2.24) is 4.90 Å². The van der Waals surface area contributed by atoms with E-state index in [4.69, 9.17) is 15.9 Å². The van der Waals surface area contributed by atoms with Crippen LogP contribution in [0.15, 0.2) is 18.2 Å². The van der Waals surface area contributed by atoms with Crippen molar-refractivity contribution in [2.75, 3.05) is 26.3 Å². The van der Waals surface area contributed by atoms with Gasteiger partial charge in [-0.15, -0.1) is 0 Å². The zero-order chi connectivity index (χ0) is 13.5. The van der Waals surface area contributed by atoms with Crippen molar-refractivity contribution in [3.05, 3.63) is 34.9 Å². The van der Waals surface area contributed by atoms with Gasteiger partial charge in [-0.05, 0) is 30.2 Å². The SMILES string of the molecule is Cc1cc(C(N)=O)ccc1CN(CCO)CCO. The van der Waals surface area contributed by atoms with Crippen molar-refractivity contribution in [2.24, 2.45) is 5.73 Å². The highest BCUT2D eigenvalue weighted by Gasteiger charge is 2.08. The van der Waals surface area contributed by atoms with E-state index in [1.807, 2.05) is 17.9 Å². The average Bonchev–Trinajstić information content (AvgIpc) is 2.32. The van der Waals surface area contributed by atoms with E-state index < -0.39 is 5.91 Å². The Kier molecular flexibility index (Phi) is 5.77. The summed E-state index contributed by atoms with van der Waals surface area (Å²) in [7, 11) is 0. The molecule has 100 valence electrons. The molecule has 0 aliphatic rings. The summed E-state index contributed by atoms with van der Waals surface area (Å²) in [6.07, 6.45) is 0. The number of benzene rings is 1. The maximum atomic E-state index is 11.0. The Labute approximate surface area is 107 Å². The fraction of sp³-hybridized carbons (Fsp3) is 0.462. The summed E-state index contributed by atoms with van der Waals surface area (Å²) >= 11 is 0. The number of primary amides is 1. The predicted molar refractivity (Wildman–Crippen MR) is 69.1 cm³/mol. The smallest absolute Gasteiger partial charge is 0.248 e. The van der Waals surface area contributed by atoms with Gasteiger partial charge in [0.1, 0.15) is 0 Å². The maximum absolute atomic E-state index is 11.0. The predicted octanol–water partition coefficient (Wildman–Crippen LogP) is -0.119. The lowest BCUT2D eigenvalue weighted by molar-refractivity contribution is 0.1000. The zero-order valence-electron chi connectivity index (χ0n) is 10.6. The number of aliphatic hydroxyl groups excluding tert-OH is 2. The Bertz CT molecular complexity index is 401. The minimum absolute atomic E-state index is 0.0540. The van der Waals surface area contributed by atoms with Gasteiger partial charge in [-0.2, -0.15) is 0 Å². The number of rotatable bonds is 7. The van der Waals surface area contributed by atoms with Crippen LogP contribution in [-0.4, -0.2) is 47.3 Å². The molecule has 1 aromatic rings. The molecule has 18 heavy (non-hydrogen) atoms. The highest BCUT2D eigenvalue weighted by molar-refractivity contribution is 5.93. The standard InChI is InChI=1S/C13H20N2O3/c1-10-8-11(13(14)18)2-3-12(10)9-15(4-6-16)5-7-17/h2-3,8,16-17H,4-7,9H2,1H3,(H2,14,18). The van der Waals surface area contributed by atoms with Crippen LogP contribution in [0.4, 0.5) is 0 Å². The quantitative estimate of drug-likeness (QED) is 0.631. The number of nitrogens with two attached hydrogens (primary N) is 1. The van der Waals surface area contributed by atoms with Crippen LogP contribution in [0.1, 0.15) is 21.5 Å². The van der Waals surface area contributed by atoms with E-state index in [1.165, 1.54) is 0 Å². The molecule has 0 bridgehead atoms. The van der Waals surface area contributed by atoms with E-state index in [2.05, 4.69) is 0 Å². The minimum atomic E-state index is -0.438. The summed E-state index contributed by atoms with van der Waals surface area (Å²) in [5.74, 6) is -0.438. The lowest BCUT2D eigenvalue weighted by Crippen LogP contribution is -2.29. The van der Waals surface area contributed by atoms with Crippen molar-refractivity contribution in [1.29, 1.82) is 0 Å². The second-order valence-electron chi connectivity index (χ2n) is 4.23. The van der Waals surface area contributed by atoms with Crippen LogP contribution in [0.3, 0.4) is 0 Å². The topological polar surface area (TPSA) is 86.8 Å². The first-order valence-corrected chi connectivity index (χ1v) is 5.92. The molecule has 0 radical (unpaired) electrons. The Morgan fingerprint density at radius 3 is 2.33 bits per heavy atom. The van der Waals surface area contributed by atoms with Gasteiger partial charge in [-0.1, -0.05) is 6.07 Å². The summed E-state index contributed by atoms with van der Waals surface area (Å²) in [5.41, 5.74) is 7.74. The molecule has 4 N–H and O–H groups in total. The number of hydrogen-bond donors (Lipinski definition) is 3. The molecular formula is C13H20N2O3. The van der Waals surface area contributed by atoms with Gasteiger partial charge >= 0.3 is 0 Å². The molecule has 0 saturated heterocycles. The molecule has 0 atom stereocenters. The first kappa shape index (κ1) is 14.6. The first-order chi connectivity index (χ1) is 8.58. The van der Waals surface area contributed by atoms with Crippen molar-refractivity contribution in [3.8, 4) is 0 Å². The van der Waals surface area contributed by atoms with Gasteiger partial charge in [0.2, 0.25) is 5.91 Å². The molecule has 1 aromatic carbocycles. The second kappa shape index (κ2) is 7.10. The van der Waals surface area contributed by atoms with Crippen LogP contribution < -0.4 is 5.73 Å². The fourth-order valence-electron chi connectivity index (χ4n) is 1.82. The van der Waals surface area contributed by atoms with E-state index in [-0.39, 0.29) is 13.2 Å². The van der Waals surface area contributed by atoms with Crippen LogP contribution in [-0.2, 0) is 6.54 Å². The molecule has 0 aromatic heterocycles. The van der Waals surface area contributed by atoms with Gasteiger partial charge in [0.25, 0.3) is 0 Å². The molecule has 0 aliphatic carbocycles. The summed E-state index contributed by atoms with van der Waals surface area (Å²) in [6.45, 7) is 3.68.